The Bertz CT molecular complexity index is 2840. The van der Waals surface area contributed by atoms with E-state index in [2.05, 4.69) is 35.3 Å². The van der Waals surface area contributed by atoms with Gasteiger partial charge in [0.2, 0.25) is 29.5 Å². The molecule has 3 saturated heterocycles. The van der Waals surface area contributed by atoms with Crippen LogP contribution in [0.4, 0.5) is 33.5 Å². The smallest absolute Gasteiger partial charge is 0.415 e. The Labute approximate surface area is 387 Å². The average Bonchev–Trinajstić information content (AvgIpc) is 3.53. The van der Waals surface area contributed by atoms with Crippen molar-refractivity contribution in [3.8, 4) is 5.88 Å². The Hall–Kier alpha value is -7.02. The molecule has 0 saturated carbocycles. The van der Waals surface area contributed by atoms with Crippen molar-refractivity contribution >= 4 is 63.5 Å². The van der Waals surface area contributed by atoms with Crippen molar-refractivity contribution in [1.82, 2.24) is 39.2 Å². The van der Waals surface area contributed by atoms with Crippen LogP contribution in [0.15, 0.2) is 59.7 Å². The number of piperazine rings is 1. The molecule has 8 heterocycles. The van der Waals surface area contributed by atoms with Crippen molar-refractivity contribution in [3.63, 3.8) is 0 Å². The first kappa shape index (κ1) is 43.9. The van der Waals surface area contributed by atoms with E-state index in [0.717, 1.165) is 84.1 Å². The molecule has 1 atom stereocenters. The van der Waals surface area contributed by atoms with Gasteiger partial charge < -0.3 is 29.5 Å². The fourth-order valence-electron chi connectivity index (χ4n) is 9.85. The maximum Gasteiger partial charge on any atom is 0.415 e. The first-order chi connectivity index (χ1) is 32.2. The van der Waals surface area contributed by atoms with E-state index in [4.69, 9.17) is 14.5 Å². The second kappa shape index (κ2) is 17.3. The molecule has 5 aliphatic rings. The van der Waals surface area contributed by atoms with E-state index in [0.29, 0.717) is 74.7 Å². The number of hydrogen-bond acceptors (Lipinski definition) is 14. The van der Waals surface area contributed by atoms with Gasteiger partial charge in [-0.3, -0.25) is 38.6 Å². The number of nitrogens with zero attached hydrogens (tertiary/aromatic N) is 10. The van der Waals surface area contributed by atoms with Crippen LogP contribution >= 0.6 is 0 Å². The van der Waals surface area contributed by atoms with E-state index in [1.807, 2.05) is 81.3 Å². The highest BCUT2D eigenvalue weighted by Crippen LogP contribution is 2.40. The SMILES string of the molecule is Cc1c(N2CCc3cnc(Nc4ccc(CC(=O)N5CCN(C6CN(c7ccc8c(c7)n(C)c(=O)n8C7CCC(=O)NC7=O)C6)CC5)cc4)nc3C2)cnc2c1N(C(=O)OC(C)(C)C)CCO2. The molecule has 5 aliphatic heterocycles. The third kappa shape index (κ3) is 8.63. The number of anilines is 5. The molecule has 3 fully saturated rings. The van der Waals surface area contributed by atoms with Gasteiger partial charge in [-0.2, -0.15) is 0 Å². The fourth-order valence-corrected chi connectivity index (χ4v) is 9.85. The Morgan fingerprint density at radius 1 is 0.910 bits per heavy atom. The molecule has 10 rings (SSSR count). The number of rotatable bonds is 8. The van der Waals surface area contributed by atoms with E-state index in [1.54, 1.807) is 22.7 Å². The van der Waals surface area contributed by atoms with Gasteiger partial charge in [0.05, 0.1) is 48.1 Å². The molecule has 0 aliphatic carbocycles. The van der Waals surface area contributed by atoms with Gasteiger partial charge in [0.15, 0.2) is 0 Å². The predicted octanol–water partition coefficient (Wildman–Crippen LogP) is 3.83. The summed E-state index contributed by atoms with van der Waals surface area (Å²) in [5.74, 6) is 0.256. The lowest BCUT2D eigenvalue weighted by molar-refractivity contribution is -0.136. The monoisotopic (exact) mass is 912 g/mol. The molecule has 0 radical (unpaired) electrons. The minimum atomic E-state index is -0.713. The normalized spacial score (nSPS) is 19.1. The number of nitrogens with one attached hydrogen (secondary N) is 2. The fraction of sp³-hybridized carbons (Fsp3) is 0.458. The number of ether oxygens (including phenoxy) is 2. The molecule has 1 unspecified atom stereocenters. The van der Waals surface area contributed by atoms with Crippen LogP contribution in [0.2, 0.25) is 0 Å². The number of pyridine rings is 1. The number of imide groups is 1. The van der Waals surface area contributed by atoms with Crippen LogP contribution in [0.3, 0.4) is 0 Å². The molecule has 4 amide bonds. The molecule has 19 nitrogen and oxygen atoms in total. The standard InChI is InChI=1S/C48H56N12O7/c1-29-39(25-49-44-42(29)59(20-21-66-44)47(65)67-48(2,3)4)57-15-14-31-24-50-45(52-35(31)28-57)51-32-8-6-30(7-9-32)22-41(62)56-18-16-55(17-19-56)34-26-58(27-34)33-10-11-36-38(23-33)54(5)46(64)60(36)37-12-13-40(61)53-43(37)63/h6-11,23-25,34,37H,12-22,26-28H2,1-5H3,(H,50,51,52)(H,53,61,63). The highest BCUT2D eigenvalue weighted by molar-refractivity contribution is 6.00. The van der Waals surface area contributed by atoms with Gasteiger partial charge in [-0.25, -0.2) is 24.5 Å². The summed E-state index contributed by atoms with van der Waals surface area (Å²) in [5, 5.41) is 5.70. The number of hydrogen-bond donors (Lipinski definition) is 2. The highest BCUT2D eigenvalue weighted by Gasteiger charge is 2.37. The molecular weight excluding hydrogens is 857 g/mol. The largest absolute Gasteiger partial charge is 0.474 e. The quantitative estimate of drug-likeness (QED) is 0.214. The van der Waals surface area contributed by atoms with Crippen LogP contribution in [0, 0.1) is 6.92 Å². The molecule has 67 heavy (non-hydrogen) atoms. The van der Waals surface area contributed by atoms with Crippen molar-refractivity contribution in [2.45, 2.75) is 77.6 Å². The number of aryl methyl sites for hydroxylation is 1. The van der Waals surface area contributed by atoms with E-state index in [-0.39, 0.29) is 23.9 Å². The highest BCUT2D eigenvalue weighted by atomic mass is 16.6. The van der Waals surface area contributed by atoms with Crippen molar-refractivity contribution in [2.24, 2.45) is 7.05 Å². The van der Waals surface area contributed by atoms with Crippen LogP contribution in [-0.4, -0.2) is 128 Å². The summed E-state index contributed by atoms with van der Waals surface area (Å²) in [7, 11) is 1.71. The van der Waals surface area contributed by atoms with Crippen LogP contribution < -0.4 is 35.8 Å². The molecule has 2 N–H and O–H groups in total. The Morgan fingerprint density at radius 3 is 2.43 bits per heavy atom. The van der Waals surface area contributed by atoms with Crippen molar-refractivity contribution < 1.29 is 28.7 Å². The van der Waals surface area contributed by atoms with Gasteiger partial charge in [0.25, 0.3) is 0 Å². The molecule has 2 aromatic carbocycles. The summed E-state index contributed by atoms with van der Waals surface area (Å²) in [6.07, 6.45) is 4.83. The van der Waals surface area contributed by atoms with Crippen molar-refractivity contribution in [1.29, 1.82) is 0 Å². The summed E-state index contributed by atoms with van der Waals surface area (Å²) in [6, 6.07) is 13.4. The van der Waals surface area contributed by atoms with Gasteiger partial charge in [0.1, 0.15) is 23.9 Å². The van der Waals surface area contributed by atoms with E-state index in [1.165, 1.54) is 4.57 Å². The van der Waals surface area contributed by atoms with E-state index < -0.39 is 23.6 Å². The predicted molar refractivity (Wildman–Crippen MR) is 251 cm³/mol. The summed E-state index contributed by atoms with van der Waals surface area (Å²) in [4.78, 5) is 88.9. The zero-order valence-electron chi connectivity index (χ0n) is 38.6. The topological polar surface area (TPSA) is 193 Å². The van der Waals surface area contributed by atoms with Gasteiger partial charge >= 0.3 is 11.8 Å². The lowest BCUT2D eigenvalue weighted by Crippen LogP contribution is -2.63. The summed E-state index contributed by atoms with van der Waals surface area (Å²) in [5.41, 5.74) is 7.68. The second-order valence-corrected chi connectivity index (χ2v) is 19.1. The summed E-state index contributed by atoms with van der Waals surface area (Å²) in [6.45, 7) is 14.2. The third-order valence-corrected chi connectivity index (χ3v) is 13.5. The number of aromatic nitrogens is 5. The summed E-state index contributed by atoms with van der Waals surface area (Å²) < 4.78 is 14.6. The van der Waals surface area contributed by atoms with Crippen LogP contribution in [0.5, 0.6) is 5.88 Å². The zero-order chi connectivity index (χ0) is 46.7. The molecule has 3 aromatic heterocycles. The van der Waals surface area contributed by atoms with Crippen LogP contribution in [-0.2, 0) is 45.6 Å². The summed E-state index contributed by atoms with van der Waals surface area (Å²) >= 11 is 0. The molecule has 350 valence electrons. The molecule has 0 bridgehead atoms. The number of amides is 4. The maximum absolute atomic E-state index is 13.5. The lowest BCUT2D eigenvalue weighted by Gasteiger charge is -2.49. The average molecular weight is 913 g/mol. The molecule has 19 heteroatoms. The van der Waals surface area contributed by atoms with E-state index in [9.17, 15) is 24.0 Å². The minimum absolute atomic E-state index is 0.107. The zero-order valence-corrected chi connectivity index (χ0v) is 38.6. The van der Waals surface area contributed by atoms with Crippen molar-refractivity contribution in [2.75, 3.05) is 79.0 Å². The van der Waals surface area contributed by atoms with Gasteiger partial charge in [-0.05, 0) is 82.0 Å². The Morgan fingerprint density at radius 2 is 1.69 bits per heavy atom. The Balaban J connectivity index is 0.706. The number of benzene rings is 2. The maximum atomic E-state index is 13.5. The van der Waals surface area contributed by atoms with E-state index >= 15 is 0 Å². The molecule has 0 spiro atoms. The van der Waals surface area contributed by atoms with Crippen molar-refractivity contribution in [3.05, 3.63) is 87.7 Å². The van der Waals surface area contributed by atoms with Crippen LogP contribution in [0.1, 0.15) is 62.0 Å². The number of carbonyl (C=O) groups is 4. The number of fused-ring (bicyclic) bond motifs is 3. The third-order valence-electron chi connectivity index (χ3n) is 13.5. The van der Waals surface area contributed by atoms with Gasteiger partial charge in [-0.1, -0.05) is 12.1 Å². The van der Waals surface area contributed by atoms with Gasteiger partial charge in [-0.15, -0.1) is 0 Å². The first-order valence-electron chi connectivity index (χ1n) is 23.1. The van der Waals surface area contributed by atoms with Gasteiger partial charge in [0, 0.05) is 88.5 Å². The first-order valence-corrected chi connectivity index (χ1v) is 23.1. The molecular formula is C48H56N12O7. The minimum Gasteiger partial charge on any atom is -0.474 e. The number of carbonyl (C=O) groups excluding carboxylic acids is 4. The second-order valence-electron chi connectivity index (χ2n) is 19.1. The number of imidazole rings is 1. The number of piperidine rings is 1. The van der Waals surface area contributed by atoms with Crippen LogP contribution in [0.25, 0.3) is 11.0 Å². The Kier molecular flexibility index (Phi) is 11.3. The molecule has 5 aromatic rings. The lowest BCUT2D eigenvalue weighted by atomic mass is 10.0.